The Morgan fingerprint density at radius 1 is 0.941 bits per heavy atom. The van der Waals surface area contributed by atoms with Gasteiger partial charge in [0.1, 0.15) is 11.3 Å². The van der Waals surface area contributed by atoms with E-state index >= 15 is 0 Å². The molecule has 0 radical (unpaired) electrons. The van der Waals surface area contributed by atoms with Crippen molar-refractivity contribution in [3.8, 4) is 5.75 Å². The summed E-state index contributed by atoms with van der Waals surface area (Å²) in [5.41, 5.74) is 3.62. The molecule has 1 aliphatic rings. The SMILES string of the molecule is CCCCCOc1ccc(C2c3c(oc4c(C)cc(C)cc4c3=O)C(=O)N2CCCCC)cc1. The minimum absolute atomic E-state index is 0.112. The van der Waals surface area contributed by atoms with Crippen LogP contribution in [0.15, 0.2) is 45.6 Å². The maximum absolute atomic E-state index is 13.7. The Morgan fingerprint density at radius 3 is 2.35 bits per heavy atom. The molecule has 2 aromatic carbocycles. The monoisotopic (exact) mass is 461 g/mol. The summed E-state index contributed by atoms with van der Waals surface area (Å²) in [6.07, 6.45) is 6.30. The van der Waals surface area contributed by atoms with Crippen LogP contribution in [0.2, 0.25) is 0 Å². The van der Waals surface area contributed by atoms with Gasteiger partial charge in [-0.15, -0.1) is 0 Å². The fourth-order valence-electron chi connectivity index (χ4n) is 4.87. The Kier molecular flexibility index (Phi) is 7.40. The Morgan fingerprint density at radius 2 is 1.65 bits per heavy atom. The highest BCUT2D eigenvalue weighted by atomic mass is 16.5. The number of carbonyl (C=O) groups excluding carboxylic acids is 1. The third kappa shape index (κ3) is 4.61. The number of hydrogen-bond donors (Lipinski definition) is 0. The molecule has 1 aromatic heterocycles. The second kappa shape index (κ2) is 10.5. The third-order valence-electron chi connectivity index (χ3n) is 6.61. The van der Waals surface area contributed by atoms with E-state index in [0.29, 0.717) is 29.7 Å². The molecule has 0 spiro atoms. The second-order valence-electron chi connectivity index (χ2n) is 9.37. The maximum atomic E-state index is 13.7. The molecular weight excluding hydrogens is 426 g/mol. The standard InChI is InChI=1S/C29H35NO4/c1-5-7-9-15-30-25(21-11-13-22(14-12-21)33-16-10-8-6-2)24-26(31)23-18-19(3)17-20(4)27(23)34-28(24)29(30)32/h11-14,17-18,25H,5-10,15-16H2,1-4H3. The second-order valence-corrected chi connectivity index (χ2v) is 9.37. The van der Waals surface area contributed by atoms with Crippen LogP contribution < -0.4 is 10.2 Å². The molecule has 0 aliphatic carbocycles. The molecule has 0 N–H and O–H groups in total. The van der Waals surface area contributed by atoms with Crippen molar-refractivity contribution in [2.75, 3.05) is 13.2 Å². The van der Waals surface area contributed by atoms with Gasteiger partial charge in [-0.05, 0) is 61.6 Å². The average molecular weight is 462 g/mol. The van der Waals surface area contributed by atoms with Gasteiger partial charge < -0.3 is 14.1 Å². The molecule has 3 aromatic rings. The summed E-state index contributed by atoms with van der Waals surface area (Å²) in [4.78, 5) is 29.0. The Balaban J connectivity index is 1.76. The number of rotatable bonds is 10. The van der Waals surface area contributed by atoms with Gasteiger partial charge in [-0.2, -0.15) is 0 Å². The van der Waals surface area contributed by atoms with E-state index in [1.807, 2.05) is 55.1 Å². The summed E-state index contributed by atoms with van der Waals surface area (Å²) in [7, 11) is 0. The normalized spacial score (nSPS) is 15.2. The van der Waals surface area contributed by atoms with Gasteiger partial charge in [-0.1, -0.05) is 57.7 Å². The van der Waals surface area contributed by atoms with Gasteiger partial charge in [0.15, 0.2) is 5.43 Å². The number of fused-ring (bicyclic) bond motifs is 2. The predicted octanol–water partition coefficient (Wildman–Crippen LogP) is 6.71. The van der Waals surface area contributed by atoms with Gasteiger partial charge in [-0.3, -0.25) is 9.59 Å². The van der Waals surface area contributed by atoms with Crippen molar-refractivity contribution >= 4 is 16.9 Å². The van der Waals surface area contributed by atoms with Crippen molar-refractivity contribution < 1.29 is 13.9 Å². The van der Waals surface area contributed by atoms with Crippen LogP contribution in [-0.2, 0) is 0 Å². The molecule has 1 atom stereocenters. The number of hydrogen-bond acceptors (Lipinski definition) is 4. The average Bonchev–Trinajstić information content (AvgIpc) is 3.10. The zero-order chi connectivity index (χ0) is 24.2. The highest BCUT2D eigenvalue weighted by Crippen LogP contribution is 2.39. The lowest BCUT2D eigenvalue weighted by atomic mass is 9.97. The van der Waals surface area contributed by atoms with E-state index in [1.54, 1.807) is 0 Å². The maximum Gasteiger partial charge on any atom is 0.290 e. The lowest BCUT2D eigenvalue weighted by Crippen LogP contribution is -2.30. The Bertz CT molecular complexity index is 1230. The number of aryl methyl sites for hydroxylation is 2. The first-order valence-electron chi connectivity index (χ1n) is 12.6. The molecule has 5 heteroatoms. The van der Waals surface area contributed by atoms with Crippen LogP contribution in [0.3, 0.4) is 0 Å². The fraction of sp³-hybridized carbons (Fsp3) is 0.448. The molecule has 4 rings (SSSR count). The molecule has 1 aliphatic heterocycles. The summed E-state index contributed by atoms with van der Waals surface area (Å²) < 4.78 is 12.0. The van der Waals surface area contributed by atoms with Crippen molar-refractivity contribution in [1.82, 2.24) is 4.90 Å². The summed E-state index contributed by atoms with van der Waals surface area (Å²) in [6.45, 7) is 9.47. The van der Waals surface area contributed by atoms with Crippen LogP contribution in [0.25, 0.3) is 11.0 Å². The van der Waals surface area contributed by atoms with Gasteiger partial charge in [-0.25, -0.2) is 0 Å². The number of carbonyl (C=O) groups is 1. The summed E-state index contributed by atoms with van der Waals surface area (Å²) in [5, 5.41) is 0.542. The van der Waals surface area contributed by atoms with Crippen LogP contribution in [-0.4, -0.2) is 24.0 Å². The lowest BCUT2D eigenvalue weighted by Gasteiger charge is -2.25. The first kappa shape index (κ1) is 24.1. The number of ether oxygens (including phenoxy) is 1. The third-order valence-corrected chi connectivity index (χ3v) is 6.61. The van der Waals surface area contributed by atoms with Crippen LogP contribution >= 0.6 is 0 Å². The largest absolute Gasteiger partial charge is 0.494 e. The van der Waals surface area contributed by atoms with Crippen molar-refractivity contribution in [3.05, 3.63) is 74.6 Å². The van der Waals surface area contributed by atoms with Crippen molar-refractivity contribution in [1.29, 1.82) is 0 Å². The molecule has 1 unspecified atom stereocenters. The molecular formula is C29H35NO4. The zero-order valence-electron chi connectivity index (χ0n) is 20.8. The van der Waals surface area contributed by atoms with E-state index in [9.17, 15) is 9.59 Å². The highest BCUT2D eigenvalue weighted by Gasteiger charge is 2.42. The first-order valence-corrected chi connectivity index (χ1v) is 12.6. The van der Waals surface area contributed by atoms with Crippen molar-refractivity contribution in [2.45, 2.75) is 72.3 Å². The summed E-state index contributed by atoms with van der Waals surface area (Å²) in [5.74, 6) is 0.791. The predicted molar refractivity (Wildman–Crippen MR) is 136 cm³/mol. The van der Waals surface area contributed by atoms with Crippen molar-refractivity contribution in [2.24, 2.45) is 0 Å². The molecule has 5 nitrogen and oxygen atoms in total. The molecule has 34 heavy (non-hydrogen) atoms. The molecule has 0 fully saturated rings. The van der Waals surface area contributed by atoms with Gasteiger partial charge in [0.2, 0.25) is 5.76 Å². The Hall–Kier alpha value is -3.08. The number of amides is 1. The zero-order valence-corrected chi connectivity index (χ0v) is 20.8. The van der Waals surface area contributed by atoms with Gasteiger partial charge in [0, 0.05) is 6.54 Å². The smallest absolute Gasteiger partial charge is 0.290 e. The van der Waals surface area contributed by atoms with Crippen LogP contribution in [0.4, 0.5) is 0 Å². The van der Waals surface area contributed by atoms with Gasteiger partial charge in [0.05, 0.1) is 23.6 Å². The minimum atomic E-state index is -0.449. The van der Waals surface area contributed by atoms with Gasteiger partial charge >= 0.3 is 0 Å². The molecule has 1 amide bonds. The number of benzene rings is 2. The Labute approximate surface area is 201 Å². The van der Waals surface area contributed by atoms with Crippen LogP contribution in [0.1, 0.15) is 91.2 Å². The van der Waals surface area contributed by atoms with Crippen LogP contribution in [0.5, 0.6) is 5.75 Å². The quantitative estimate of drug-likeness (QED) is 0.315. The van der Waals surface area contributed by atoms with Crippen LogP contribution in [0, 0.1) is 13.8 Å². The minimum Gasteiger partial charge on any atom is -0.494 e. The van der Waals surface area contributed by atoms with E-state index < -0.39 is 6.04 Å². The lowest BCUT2D eigenvalue weighted by molar-refractivity contribution is 0.0724. The van der Waals surface area contributed by atoms with E-state index in [1.165, 1.54) is 0 Å². The topological polar surface area (TPSA) is 59.8 Å². The van der Waals surface area contributed by atoms with E-state index in [4.69, 9.17) is 9.15 Å². The highest BCUT2D eigenvalue weighted by molar-refractivity contribution is 5.99. The molecule has 0 saturated carbocycles. The number of nitrogens with zero attached hydrogens (tertiary/aromatic N) is 1. The van der Waals surface area contributed by atoms with Crippen molar-refractivity contribution in [3.63, 3.8) is 0 Å². The fourth-order valence-corrected chi connectivity index (χ4v) is 4.87. The molecule has 2 heterocycles. The van der Waals surface area contributed by atoms with E-state index in [-0.39, 0.29) is 17.1 Å². The molecule has 0 saturated heterocycles. The number of unbranched alkanes of at least 4 members (excludes halogenated alkanes) is 4. The summed E-state index contributed by atoms with van der Waals surface area (Å²) in [6, 6.07) is 11.2. The molecule has 0 bridgehead atoms. The first-order chi connectivity index (χ1) is 16.5. The molecule has 180 valence electrons. The van der Waals surface area contributed by atoms with E-state index in [2.05, 4.69) is 13.8 Å². The summed E-state index contributed by atoms with van der Waals surface area (Å²) >= 11 is 0. The van der Waals surface area contributed by atoms with Gasteiger partial charge in [0.25, 0.3) is 5.91 Å². The van der Waals surface area contributed by atoms with E-state index in [0.717, 1.165) is 61.0 Å².